The first-order valence-electron chi connectivity index (χ1n) is 11.8. The molecule has 0 fully saturated rings. The topological polar surface area (TPSA) is 42.4 Å². The zero-order valence-electron chi connectivity index (χ0n) is 20.4. The van der Waals surface area contributed by atoms with Crippen LogP contribution >= 0.6 is 0 Å². The number of amides is 1. The van der Waals surface area contributed by atoms with E-state index in [2.05, 4.69) is 50.9 Å². The molecule has 0 bridgehead atoms. The van der Waals surface area contributed by atoms with Crippen LogP contribution in [0.1, 0.15) is 74.5 Å². The summed E-state index contributed by atoms with van der Waals surface area (Å²) in [4.78, 5) is 19.9. The van der Waals surface area contributed by atoms with E-state index < -0.39 is 0 Å². The summed E-state index contributed by atoms with van der Waals surface area (Å²) in [6.45, 7) is 12.2. The second-order valence-corrected chi connectivity index (χ2v) is 10.2. The number of hydrogen-bond acceptors (Lipinski definition) is 3. The highest BCUT2D eigenvalue weighted by Gasteiger charge is 2.37. The Labute approximate surface area is 197 Å². The lowest BCUT2D eigenvalue weighted by Gasteiger charge is -2.42. The Hall–Kier alpha value is -3.14. The van der Waals surface area contributed by atoms with E-state index >= 15 is 0 Å². The molecule has 1 aliphatic carbocycles. The molecule has 1 aliphatic rings. The van der Waals surface area contributed by atoms with Gasteiger partial charge in [0.1, 0.15) is 5.75 Å². The summed E-state index contributed by atoms with van der Waals surface area (Å²) < 4.78 is 5.76. The number of hydrogen-bond donors (Lipinski definition) is 0. The molecule has 4 rings (SSSR count). The fourth-order valence-electron chi connectivity index (χ4n) is 4.78. The molecule has 4 nitrogen and oxygen atoms in total. The van der Waals surface area contributed by atoms with Crippen molar-refractivity contribution < 1.29 is 9.53 Å². The van der Waals surface area contributed by atoms with Gasteiger partial charge in [-0.05, 0) is 71.6 Å². The quantitative estimate of drug-likeness (QED) is 0.428. The van der Waals surface area contributed by atoms with Gasteiger partial charge in [0.05, 0.1) is 30.6 Å². The number of fused-ring (bicyclic) bond motifs is 1. The van der Waals surface area contributed by atoms with E-state index in [4.69, 9.17) is 4.74 Å². The third kappa shape index (κ3) is 4.66. The summed E-state index contributed by atoms with van der Waals surface area (Å²) in [6.07, 6.45) is 5.81. The van der Waals surface area contributed by atoms with Crippen molar-refractivity contribution in [1.82, 2.24) is 4.98 Å². The lowest BCUT2D eigenvalue weighted by atomic mass is 9.63. The van der Waals surface area contributed by atoms with Crippen LogP contribution in [0.5, 0.6) is 5.75 Å². The third-order valence-electron chi connectivity index (χ3n) is 6.88. The maximum atomic E-state index is 13.8. The Kier molecular flexibility index (Phi) is 6.29. The maximum Gasteiger partial charge on any atom is 0.262 e. The van der Waals surface area contributed by atoms with Crippen LogP contribution in [0.2, 0.25) is 0 Å². The predicted molar refractivity (Wildman–Crippen MR) is 134 cm³/mol. The molecule has 1 heterocycles. The van der Waals surface area contributed by atoms with Gasteiger partial charge in [0.25, 0.3) is 5.91 Å². The van der Waals surface area contributed by atoms with Gasteiger partial charge in [-0.3, -0.25) is 9.78 Å². The summed E-state index contributed by atoms with van der Waals surface area (Å²) in [5.74, 6) is 0.511. The Morgan fingerprint density at radius 3 is 2.39 bits per heavy atom. The average molecular weight is 443 g/mol. The maximum absolute atomic E-state index is 13.8. The van der Waals surface area contributed by atoms with Crippen molar-refractivity contribution in [2.24, 2.45) is 0 Å². The molecule has 0 aliphatic heterocycles. The van der Waals surface area contributed by atoms with Crippen LogP contribution in [0.25, 0.3) is 0 Å². The van der Waals surface area contributed by atoms with Crippen molar-refractivity contribution in [2.75, 3.05) is 11.5 Å². The standard InChI is InChI=1S/C29H34N2O2/c1-6-33-26-12-8-7-11-23(26)27(32)31(22-10-9-17-30-19-22)20-21-13-14-24-25(18-21)29(4,5)16-15-28(24,2)3/h7-14,17-19H,6,15-16,20H2,1-5H3. The Bertz CT molecular complexity index is 1140. The molecule has 0 spiro atoms. The highest BCUT2D eigenvalue weighted by Crippen LogP contribution is 2.46. The number of rotatable bonds is 6. The van der Waals surface area contributed by atoms with Crippen molar-refractivity contribution in [3.63, 3.8) is 0 Å². The number of ether oxygens (including phenoxy) is 1. The van der Waals surface area contributed by atoms with E-state index in [1.165, 1.54) is 17.5 Å². The molecule has 0 N–H and O–H groups in total. The van der Waals surface area contributed by atoms with E-state index in [9.17, 15) is 4.79 Å². The smallest absolute Gasteiger partial charge is 0.262 e. The number of nitrogens with zero attached hydrogens (tertiary/aromatic N) is 2. The van der Waals surface area contributed by atoms with Gasteiger partial charge in [-0.1, -0.05) is 58.0 Å². The van der Waals surface area contributed by atoms with Crippen LogP contribution < -0.4 is 9.64 Å². The van der Waals surface area contributed by atoms with Gasteiger partial charge >= 0.3 is 0 Å². The fraction of sp³-hybridized carbons (Fsp3) is 0.379. The molecule has 0 atom stereocenters. The van der Waals surface area contributed by atoms with Crippen LogP contribution in [-0.2, 0) is 17.4 Å². The summed E-state index contributed by atoms with van der Waals surface area (Å²) in [6, 6.07) is 18.0. The van der Waals surface area contributed by atoms with Gasteiger partial charge < -0.3 is 9.64 Å². The second-order valence-electron chi connectivity index (χ2n) is 10.2. The normalized spacial score (nSPS) is 16.0. The summed E-state index contributed by atoms with van der Waals surface area (Å²) in [7, 11) is 0. The number of pyridine rings is 1. The molecule has 0 saturated carbocycles. The van der Waals surface area contributed by atoms with E-state index in [-0.39, 0.29) is 16.7 Å². The molecule has 1 aromatic heterocycles. The van der Waals surface area contributed by atoms with Crippen LogP contribution in [0.4, 0.5) is 5.69 Å². The second kappa shape index (κ2) is 9.01. The van der Waals surface area contributed by atoms with E-state index in [1.54, 1.807) is 17.3 Å². The predicted octanol–water partition coefficient (Wildman–Crippen LogP) is 6.68. The molecule has 2 aromatic carbocycles. The minimum Gasteiger partial charge on any atom is -0.493 e. The van der Waals surface area contributed by atoms with Gasteiger partial charge in [0.15, 0.2) is 0 Å². The zero-order valence-corrected chi connectivity index (χ0v) is 20.4. The molecule has 4 heteroatoms. The Morgan fingerprint density at radius 2 is 1.70 bits per heavy atom. The number of anilines is 1. The Morgan fingerprint density at radius 1 is 0.970 bits per heavy atom. The van der Waals surface area contributed by atoms with Crippen molar-refractivity contribution in [3.05, 3.63) is 89.2 Å². The first-order valence-corrected chi connectivity index (χ1v) is 11.8. The molecule has 0 unspecified atom stereocenters. The zero-order chi connectivity index (χ0) is 23.6. The molecule has 1 amide bonds. The van der Waals surface area contributed by atoms with Crippen molar-refractivity contribution in [2.45, 2.75) is 64.8 Å². The number of aromatic nitrogens is 1. The molecule has 33 heavy (non-hydrogen) atoms. The first-order chi connectivity index (χ1) is 15.7. The van der Waals surface area contributed by atoms with Gasteiger partial charge in [-0.15, -0.1) is 0 Å². The first kappa shape index (κ1) is 23.0. The SMILES string of the molecule is CCOc1ccccc1C(=O)N(Cc1ccc2c(c1)C(C)(C)CCC2(C)C)c1cccnc1. The lowest BCUT2D eigenvalue weighted by molar-refractivity contribution is 0.0981. The summed E-state index contributed by atoms with van der Waals surface area (Å²) in [5, 5.41) is 0. The van der Waals surface area contributed by atoms with E-state index in [0.717, 1.165) is 17.7 Å². The molecular formula is C29H34N2O2. The van der Waals surface area contributed by atoms with Crippen LogP contribution in [0.3, 0.4) is 0 Å². The van der Waals surface area contributed by atoms with Crippen molar-refractivity contribution in [1.29, 1.82) is 0 Å². The van der Waals surface area contributed by atoms with Crippen molar-refractivity contribution in [3.8, 4) is 5.75 Å². The largest absolute Gasteiger partial charge is 0.493 e. The van der Waals surface area contributed by atoms with Crippen LogP contribution in [-0.4, -0.2) is 17.5 Å². The van der Waals surface area contributed by atoms with Gasteiger partial charge in [0.2, 0.25) is 0 Å². The Balaban J connectivity index is 1.75. The van der Waals surface area contributed by atoms with Gasteiger partial charge in [-0.25, -0.2) is 0 Å². The highest BCUT2D eigenvalue weighted by molar-refractivity contribution is 6.07. The number of carbonyl (C=O) groups excluding carboxylic acids is 1. The molecular weight excluding hydrogens is 408 g/mol. The minimum atomic E-state index is -0.0932. The van der Waals surface area contributed by atoms with Crippen LogP contribution in [0, 0.1) is 0 Å². The molecule has 3 aromatic rings. The minimum absolute atomic E-state index is 0.0932. The molecule has 172 valence electrons. The van der Waals surface area contributed by atoms with Crippen LogP contribution in [0.15, 0.2) is 67.0 Å². The van der Waals surface area contributed by atoms with Gasteiger partial charge in [-0.2, -0.15) is 0 Å². The van der Waals surface area contributed by atoms with E-state index in [0.29, 0.717) is 24.5 Å². The average Bonchev–Trinajstić information content (AvgIpc) is 2.81. The summed E-state index contributed by atoms with van der Waals surface area (Å²) >= 11 is 0. The third-order valence-corrected chi connectivity index (χ3v) is 6.88. The molecule has 0 saturated heterocycles. The number of carbonyl (C=O) groups is 1. The van der Waals surface area contributed by atoms with Crippen molar-refractivity contribution >= 4 is 11.6 Å². The van der Waals surface area contributed by atoms with E-state index in [1.807, 2.05) is 43.3 Å². The number of para-hydroxylation sites is 1. The highest BCUT2D eigenvalue weighted by atomic mass is 16.5. The fourth-order valence-corrected chi connectivity index (χ4v) is 4.78. The van der Waals surface area contributed by atoms with Gasteiger partial charge in [0, 0.05) is 6.20 Å². The summed E-state index contributed by atoms with van der Waals surface area (Å²) in [5.41, 5.74) is 5.54. The molecule has 0 radical (unpaired) electrons. The number of benzene rings is 2. The monoisotopic (exact) mass is 442 g/mol. The lowest BCUT2D eigenvalue weighted by Crippen LogP contribution is -2.34.